The monoisotopic (exact) mass is 432 g/mol. The first-order valence-corrected chi connectivity index (χ1v) is 10.8. The van der Waals surface area contributed by atoms with Gasteiger partial charge in [0.05, 0.1) is 28.4 Å². The first-order chi connectivity index (χ1) is 13.7. The van der Waals surface area contributed by atoms with Crippen LogP contribution < -0.4 is 5.14 Å². The molecule has 1 aromatic heterocycles. The quantitative estimate of drug-likeness (QED) is 0.647. The fraction of sp³-hybridized carbons (Fsp3) is 0.200. The van der Waals surface area contributed by atoms with E-state index in [4.69, 9.17) is 16.7 Å². The Bertz CT molecular complexity index is 1120. The van der Waals surface area contributed by atoms with Crippen molar-refractivity contribution in [3.05, 3.63) is 65.3 Å². The van der Waals surface area contributed by atoms with Crippen molar-refractivity contribution in [1.82, 2.24) is 14.7 Å². The molecule has 0 bridgehead atoms. The lowest BCUT2D eigenvalue weighted by Gasteiger charge is -2.13. The largest absolute Gasteiger partial charge is 0.346 e. The first-order valence-electron chi connectivity index (χ1n) is 8.91. The summed E-state index contributed by atoms with van der Waals surface area (Å²) >= 11 is 6.00. The van der Waals surface area contributed by atoms with Crippen molar-refractivity contribution < 1.29 is 13.2 Å². The van der Waals surface area contributed by atoms with E-state index in [0.717, 1.165) is 11.3 Å². The number of halogens is 1. The van der Waals surface area contributed by atoms with Crippen molar-refractivity contribution in [1.29, 1.82) is 0 Å². The second-order valence-corrected chi connectivity index (χ2v) is 8.56. The Morgan fingerprint density at radius 1 is 1.14 bits per heavy atom. The van der Waals surface area contributed by atoms with E-state index in [1.54, 1.807) is 40.9 Å². The molecule has 0 unspecified atom stereocenters. The summed E-state index contributed by atoms with van der Waals surface area (Å²) in [6.45, 7) is 2.52. The maximum atomic E-state index is 12.3. The van der Waals surface area contributed by atoms with E-state index in [1.807, 2.05) is 25.1 Å². The molecular formula is C20H21ClN4O3S. The average molecular weight is 433 g/mol. The maximum absolute atomic E-state index is 12.3. The van der Waals surface area contributed by atoms with Crippen LogP contribution in [0.1, 0.15) is 12.6 Å². The second-order valence-electron chi connectivity index (χ2n) is 6.56. The minimum Gasteiger partial charge on any atom is -0.346 e. The van der Waals surface area contributed by atoms with Gasteiger partial charge >= 0.3 is 0 Å². The highest BCUT2D eigenvalue weighted by Gasteiger charge is 2.16. The Morgan fingerprint density at radius 2 is 1.76 bits per heavy atom. The van der Waals surface area contributed by atoms with Crippen LogP contribution in [0.3, 0.4) is 0 Å². The van der Waals surface area contributed by atoms with Gasteiger partial charge in [0.1, 0.15) is 0 Å². The van der Waals surface area contributed by atoms with Crippen LogP contribution in [0, 0.1) is 0 Å². The van der Waals surface area contributed by atoms with E-state index in [-0.39, 0.29) is 17.2 Å². The van der Waals surface area contributed by atoms with Crippen LogP contribution in [0.25, 0.3) is 16.9 Å². The summed E-state index contributed by atoms with van der Waals surface area (Å²) in [5.41, 5.74) is 2.87. The molecule has 7 nitrogen and oxygen atoms in total. The number of nitrogens with zero attached hydrogens (tertiary/aromatic N) is 3. The highest BCUT2D eigenvalue weighted by Crippen LogP contribution is 2.26. The summed E-state index contributed by atoms with van der Waals surface area (Å²) in [5, 5.41) is 10.4. The van der Waals surface area contributed by atoms with Crippen LogP contribution >= 0.6 is 11.6 Å². The topological polar surface area (TPSA) is 98.3 Å². The minimum atomic E-state index is -3.79. The van der Waals surface area contributed by atoms with Crippen molar-refractivity contribution in [2.24, 2.45) is 5.14 Å². The van der Waals surface area contributed by atoms with Crippen LogP contribution in [0.2, 0.25) is 5.02 Å². The number of carbonyl (C=O) groups excluding carboxylic acids is 1. The molecule has 3 rings (SSSR count). The van der Waals surface area contributed by atoms with Crippen molar-refractivity contribution in [2.75, 3.05) is 13.6 Å². The third-order valence-corrected chi connectivity index (χ3v) is 5.72. The maximum Gasteiger partial charge on any atom is 0.238 e. The van der Waals surface area contributed by atoms with Gasteiger partial charge in [0.15, 0.2) is 0 Å². The van der Waals surface area contributed by atoms with Gasteiger partial charge in [-0.05, 0) is 49.4 Å². The molecule has 0 radical (unpaired) electrons. The molecule has 0 saturated carbocycles. The third-order valence-electron chi connectivity index (χ3n) is 4.54. The van der Waals surface area contributed by atoms with E-state index < -0.39 is 10.0 Å². The molecule has 0 aliphatic rings. The molecule has 0 aliphatic heterocycles. The lowest BCUT2D eigenvalue weighted by molar-refractivity contribution is -0.129. The number of hydrogen-bond donors (Lipinski definition) is 1. The summed E-state index contributed by atoms with van der Waals surface area (Å²) in [4.78, 5) is 14.0. The molecular weight excluding hydrogens is 412 g/mol. The van der Waals surface area contributed by atoms with Crippen LogP contribution in [0.15, 0.2) is 59.5 Å². The highest BCUT2D eigenvalue weighted by atomic mass is 35.5. The summed E-state index contributed by atoms with van der Waals surface area (Å²) in [7, 11) is -2.04. The zero-order valence-electron chi connectivity index (χ0n) is 16.0. The number of rotatable bonds is 6. The number of sulfonamides is 1. The Balaban J connectivity index is 2.06. The molecule has 1 heterocycles. The first kappa shape index (κ1) is 21.0. The lowest BCUT2D eigenvalue weighted by atomic mass is 10.1. The van der Waals surface area contributed by atoms with E-state index in [1.165, 1.54) is 12.1 Å². The number of carbonyl (C=O) groups is 1. The number of primary sulfonamides is 1. The van der Waals surface area contributed by atoms with Crippen LogP contribution in [-0.2, 0) is 21.2 Å². The molecule has 1 amide bonds. The zero-order chi connectivity index (χ0) is 21.2. The SMILES string of the molecule is CCN(C)C(=O)Cc1cc(-c2ccc(Cl)cc2)n(-c2ccc(S(N)(=O)=O)cc2)n1. The van der Waals surface area contributed by atoms with Crippen molar-refractivity contribution in [3.8, 4) is 16.9 Å². The van der Waals surface area contributed by atoms with Crippen molar-refractivity contribution in [3.63, 3.8) is 0 Å². The van der Waals surface area contributed by atoms with Gasteiger partial charge in [-0.2, -0.15) is 5.10 Å². The number of amides is 1. The van der Waals surface area contributed by atoms with Crippen LogP contribution in [0.5, 0.6) is 0 Å². The van der Waals surface area contributed by atoms with E-state index in [9.17, 15) is 13.2 Å². The molecule has 2 aromatic carbocycles. The summed E-state index contributed by atoms with van der Waals surface area (Å²) in [6, 6.07) is 15.2. The summed E-state index contributed by atoms with van der Waals surface area (Å²) in [5.74, 6) is -0.0376. The normalized spacial score (nSPS) is 11.4. The molecule has 0 aliphatic carbocycles. The predicted molar refractivity (Wildman–Crippen MR) is 112 cm³/mol. The van der Waals surface area contributed by atoms with E-state index in [2.05, 4.69) is 5.10 Å². The number of benzene rings is 2. The van der Waals surface area contributed by atoms with Crippen molar-refractivity contribution >= 4 is 27.5 Å². The molecule has 0 fully saturated rings. The fourth-order valence-corrected chi connectivity index (χ4v) is 3.42. The Morgan fingerprint density at radius 3 is 2.31 bits per heavy atom. The van der Waals surface area contributed by atoms with E-state index >= 15 is 0 Å². The molecule has 0 saturated heterocycles. The molecule has 3 aromatic rings. The predicted octanol–water partition coefficient (Wildman–Crippen LogP) is 2.86. The molecule has 0 spiro atoms. The van der Waals surface area contributed by atoms with Gasteiger partial charge in [0.25, 0.3) is 0 Å². The number of likely N-dealkylation sites (N-methyl/N-ethyl adjacent to an activating group) is 1. The van der Waals surface area contributed by atoms with Gasteiger partial charge < -0.3 is 4.90 Å². The van der Waals surface area contributed by atoms with Gasteiger partial charge in [-0.3, -0.25) is 4.79 Å². The number of hydrogen-bond acceptors (Lipinski definition) is 4. The standard InChI is InChI=1S/C20H21ClN4O3S/c1-3-24(2)20(26)13-16-12-19(14-4-6-15(21)7-5-14)25(23-16)17-8-10-18(11-9-17)29(22,27)28/h4-12H,3,13H2,1-2H3,(H2,22,27,28). The zero-order valence-corrected chi connectivity index (χ0v) is 17.6. The van der Waals surface area contributed by atoms with Crippen LogP contribution in [-0.4, -0.2) is 42.6 Å². The Hall–Kier alpha value is -2.68. The molecule has 152 valence electrons. The van der Waals surface area contributed by atoms with Crippen molar-refractivity contribution in [2.45, 2.75) is 18.2 Å². The van der Waals surface area contributed by atoms with Gasteiger partial charge in [-0.1, -0.05) is 23.7 Å². The Labute approximate surface area is 174 Å². The summed E-state index contributed by atoms with van der Waals surface area (Å²) < 4.78 is 24.7. The van der Waals surface area contributed by atoms with Gasteiger partial charge in [-0.15, -0.1) is 0 Å². The van der Waals surface area contributed by atoms with E-state index in [0.29, 0.717) is 22.9 Å². The molecule has 29 heavy (non-hydrogen) atoms. The summed E-state index contributed by atoms with van der Waals surface area (Å²) in [6.07, 6.45) is 0.160. The van der Waals surface area contributed by atoms with Gasteiger partial charge in [0.2, 0.25) is 15.9 Å². The highest BCUT2D eigenvalue weighted by molar-refractivity contribution is 7.89. The smallest absolute Gasteiger partial charge is 0.238 e. The van der Waals surface area contributed by atoms with Gasteiger partial charge in [-0.25, -0.2) is 18.2 Å². The molecule has 0 atom stereocenters. The molecule has 9 heteroatoms. The Kier molecular flexibility index (Phi) is 6.07. The second kappa shape index (κ2) is 8.36. The van der Waals surface area contributed by atoms with Gasteiger partial charge in [0, 0.05) is 24.2 Å². The third kappa shape index (κ3) is 4.84. The van der Waals surface area contributed by atoms with Crippen LogP contribution in [0.4, 0.5) is 0 Å². The molecule has 2 N–H and O–H groups in total. The average Bonchev–Trinajstić information content (AvgIpc) is 3.11. The number of nitrogens with two attached hydrogens (primary N) is 1. The number of aromatic nitrogens is 2. The fourth-order valence-electron chi connectivity index (χ4n) is 2.78. The lowest BCUT2D eigenvalue weighted by Crippen LogP contribution is -2.27. The minimum absolute atomic E-state index is 0.0152.